The molecule has 1 aromatic heterocycles. The van der Waals surface area contributed by atoms with Crippen molar-refractivity contribution >= 4 is 31.9 Å². The lowest BCUT2D eigenvalue weighted by atomic mass is 9.79. The first-order valence-corrected chi connectivity index (χ1v) is 6.09. The highest BCUT2D eigenvalue weighted by molar-refractivity contribution is 9.13. The molecule has 0 N–H and O–H groups in total. The number of halogens is 2. The Labute approximate surface area is 95.2 Å². The highest BCUT2D eigenvalue weighted by atomic mass is 79.9. The van der Waals surface area contributed by atoms with Crippen LogP contribution < -0.4 is 0 Å². The zero-order valence-electron chi connectivity index (χ0n) is 7.48. The van der Waals surface area contributed by atoms with Crippen LogP contribution in [0.3, 0.4) is 0 Å². The van der Waals surface area contributed by atoms with E-state index in [-0.39, 0.29) is 0 Å². The van der Waals surface area contributed by atoms with Gasteiger partial charge in [0.1, 0.15) is 4.60 Å². The van der Waals surface area contributed by atoms with Crippen LogP contribution in [0.2, 0.25) is 0 Å². The minimum Gasteiger partial charge on any atom is -0.245 e. The van der Waals surface area contributed by atoms with Crippen molar-refractivity contribution in [2.75, 3.05) is 0 Å². The van der Waals surface area contributed by atoms with Crippen molar-refractivity contribution in [3.05, 3.63) is 26.4 Å². The van der Waals surface area contributed by atoms with Crippen LogP contribution in [0.15, 0.2) is 15.1 Å². The standard InChI is InChI=1S/C10H11Br2N/c1-6-8(7-3-2-4-7)5-9(11)10(12)13-6/h5,7H,2-4H2,1H3. The monoisotopic (exact) mass is 303 g/mol. The molecule has 0 unspecified atom stereocenters. The summed E-state index contributed by atoms with van der Waals surface area (Å²) < 4.78 is 1.98. The van der Waals surface area contributed by atoms with Gasteiger partial charge in [-0.1, -0.05) is 6.42 Å². The van der Waals surface area contributed by atoms with E-state index < -0.39 is 0 Å². The van der Waals surface area contributed by atoms with E-state index in [0.29, 0.717) is 0 Å². The van der Waals surface area contributed by atoms with Crippen LogP contribution >= 0.6 is 31.9 Å². The molecule has 0 aliphatic heterocycles. The molecule has 0 amide bonds. The number of aryl methyl sites for hydroxylation is 1. The molecule has 1 aromatic rings. The van der Waals surface area contributed by atoms with E-state index in [1.807, 2.05) is 0 Å². The van der Waals surface area contributed by atoms with Crippen LogP contribution in [-0.2, 0) is 0 Å². The number of aromatic nitrogens is 1. The summed E-state index contributed by atoms with van der Waals surface area (Å²) in [4.78, 5) is 4.45. The first kappa shape index (κ1) is 9.66. The molecular weight excluding hydrogens is 294 g/mol. The first-order valence-electron chi connectivity index (χ1n) is 4.51. The molecule has 1 heterocycles. The SMILES string of the molecule is Cc1nc(Br)c(Br)cc1C1CCC1. The van der Waals surface area contributed by atoms with Gasteiger partial charge in [-0.25, -0.2) is 4.98 Å². The molecule has 0 radical (unpaired) electrons. The Morgan fingerprint density at radius 1 is 1.38 bits per heavy atom. The number of hydrogen-bond acceptors (Lipinski definition) is 1. The Balaban J connectivity index is 2.39. The Hall–Kier alpha value is 0.110. The minimum absolute atomic E-state index is 0.761. The van der Waals surface area contributed by atoms with Gasteiger partial charge in [-0.05, 0) is 69.2 Å². The molecular formula is C10H11Br2N. The number of pyridine rings is 1. The first-order chi connectivity index (χ1) is 6.18. The molecule has 0 spiro atoms. The van der Waals surface area contributed by atoms with E-state index in [4.69, 9.17) is 0 Å². The van der Waals surface area contributed by atoms with Gasteiger partial charge in [0.25, 0.3) is 0 Å². The third-order valence-corrected chi connectivity index (χ3v) is 4.45. The lowest BCUT2D eigenvalue weighted by Gasteiger charge is -2.27. The van der Waals surface area contributed by atoms with Gasteiger partial charge in [-0.3, -0.25) is 0 Å². The molecule has 0 aromatic carbocycles. The molecule has 1 fully saturated rings. The van der Waals surface area contributed by atoms with Crippen molar-refractivity contribution in [2.45, 2.75) is 32.1 Å². The Morgan fingerprint density at radius 2 is 2.08 bits per heavy atom. The third kappa shape index (κ3) is 1.82. The maximum Gasteiger partial charge on any atom is 0.120 e. The van der Waals surface area contributed by atoms with Crippen LogP contribution in [0.25, 0.3) is 0 Å². The number of nitrogens with zero attached hydrogens (tertiary/aromatic N) is 1. The molecule has 3 heteroatoms. The second-order valence-corrected chi connectivity index (χ2v) is 5.17. The number of rotatable bonds is 1. The molecule has 1 nitrogen and oxygen atoms in total. The van der Waals surface area contributed by atoms with E-state index in [2.05, 4.69) is 49.8 Å². The zero-order chi connectivity index (χ0) is 9.42. The van der Waals surface area contributed by atoms with Crippen LogP contribution in [0, 0.1) is 6.92 Å². The summed E-state index contributed by atoms with van der Waals surface area (Å²) in [5.74, 6) is 0.761. The van der Waals surface area contributed by atoms with Crippen molar-refractivity contribution in [1.29, 1.82) is 0 Å². The summed E-state index contributed by atoms with van der Waals surface area (Å²) in [7, 11) is 0. The van der Waals surface area contributed by atoms with Gasteiger partial charge in [0, 0.05) is 5.69 Å². The summed E-state index contributed by atoms with van der Waals surface area (Å²) in [6.45, 7) is 2.09. The summed E-state index contributed by atoms with van der Waals surface area (Å²) in [6.07, 6.45) is 4.03. The smallest absolute Gasteiger partial charge is 0.120 e. The average Bonchev–Trinajstić information content (AvgIpc) is 1.96. The van der Waals surface area contributed by atoms with Crippen molar-refractivity contribution < 1.29 is 0 Å². The van der Waals surface area contributed by atoms with Crippen LogP contribution in [0.5, 0.6) is 0 Å². The number of hydrogen-bond donors (Lipinski definition) is 0. The largest absolute Gasteiger partial charge is 0.245 e. The molecule has 0 saturated heterocycles. The van der Waals surface area contributed by atoms with E-state index in [1.54, 1.807) is 0 Å². The van der Waals surface area contributed by atoms with E-state index >= 15 is 0 Å². The second-order valence-electron chi connectivity index (χ2n) is 3.56. The minimum atomic E-state index is 0.761. The molecule has 70 valence electrons. The Morgan fingerprint density at radius 3 is 2.62 bits per heavy atom. The van der Waals surface area contributed by atoms with Gasteiger partial charge in [0.2, 0.25) is 0 Å². The van der Waals surface area contributed by atoms with Crippen molar-refractivity contribution in [2.24, 2.45) is 0 Å². The van der Waals surface area contributed by atoms with Crippen LogP contribution in [-0.4, -0.2) is 4.98 Å². The van der Waals surface area contributed by atoms with Gasteiger partial charge in [-0.2, -0.15) is 0 Å². The molecule has 1 aliphatic rings. The maximum atomic E-state index is 4.45. The van der Waals surface area contributed by atoms with E-state index in [9.17, 15) is 0 Å². The molecule has 1 aliphatic carbocycles. The topological polar surface area (TPSA) is 12.9 Å². The van der Waals surface area contributed by atoms with Gasteiger partial charge in [0.05, 0.1) is 4.47 Å². The molecule has 13 heavy (non-hydrogen) atoms. The zero-order valence-corrected chi connectivity index (χ0v) is 10.7. The van der Waals surface area contributed by atoms with Crippen molar-refractivity contribution in [3.8, 4) is 0 Å². The fourth-order valence-corrected chi connectivity index (χ4v) is 2.41. The van der Waals surface area contributed by atoms with Crippen LogP contribution in [0.1, 0.15) is 36.4 Å². The Bertz CT molecular complexity index is 332. The highest BCUT2D eigenvalue weighted by Gasteiger charge is 2.22. The second kappa shape index (κ2) is 3.70. The normalized spacial score (nSPS) is 17.2. The fraction of sp³-hybridized carbons (Fsp3) is 0.500. The lowest BCUT2D eigenvalue weighted by Crippen LogP contribution is -2.11. The van der Waals surface area contributed by atoms with Gasteiger partial charge < -0.3 is 0 Å². The molecule has 2 rings (SSSR count). The molecule has 1 saturated carbocycles. The Kier molecular flexibility index (Phi) is 2.75. The predicted octanol–water partition coefficient (Wildman–Crippen LogP) is 4.18. The lowest BCUT2D eigenvalue weighted by molar-refractivity contribution is 0.416. The predicted molar refractivity (Wildman–Crippen MR) is 61.0 cm³/mol. The highest BCUT2D eigenvalue weighted by Crippen LogP contribution is 2.39. The third-order valence-electron chi connectivity index (χ3n) is 2.71. The molecule has 0 atom stereocenters. The summed E-state index contributed by atoms with van der Waals surface area (Å²) in [6, 6.07) is 2.20. The van der Waals surface area contributed by atoms with E-state index in [0.717, 1.165) is 15.0 Å². The average molecular weight is 305 g/mol. The van der Waals surface area contributed by atoms with Gasteiger partial charge in [0.15, 0.2) is 0 Å². The van der Waals surface area contributed by atoms with Gasteiger partial charge in [-0.15, -0.1) is 0 Å². The molecule has 0 bridgehead atoms. The quantitative estimate of drug-likeness (QED) is 0.709. The summed E-state index contributed by atoms with van der Waals surface area (Å²) in [5.41, 5.74) is 2.58. The van der Waals surface area contributed by atoms with Gasteiger partial charge >= 0.3 is 0 Å². The fourth-order valence-electron chi connectivity index (χ4n) is 1.70. The van der Waals surface area contributed by atoms with E-state index in [1.165, 1.54) is 30.5 Å². The van der Waals surface area contributed by atoms with Crippen LogP contribution in [0.4, 0.5) is 0 Å². The summed E-state index contributed by atoms with van der Waals surface area (Å²) >= 11 is 6.90. The maximum absolute atomic E-state index is 4.45. The summed E-state index contributed by atoms with van der Waals surface area (Å²) in [5, 5.41) is 0. The van der Waals surface area contributed by atoms with Crippen molar-refractivity contribution in [3.63, 3.8) is 0 Å². The van der Waals surface area contributed by atoms with Crippen molar-refractivity contribution in [1.82, 2.24) is 4.98 Å².